The van der Waals surface area contributed by atoms with Crippen molar-refractivity contribution in [1.29, 1.82) is 0 Å². The maximum atomic E-state index is 12.1. The number of hydrogen-bond donors (Lipinski definition) is 2. The predicted molar refractivity (Wildman–Crippen MR) is 86.2 cm³/mol. The number of aromatic nitrogens is 3. The molecule has 0 aliphatic heterocycles. The van der Waals surface area contributed by atoms with E-state index < -0.39 is 0 Å². The van der Waals surface area contributed by atoms with Gasteiger partial charge in [-0.05, 0) is 6.92 Å². The van der Waals surface area contributed by atoms with Gasteiger partial charge in [0.2, 0.25) is 0 Å². The van der Waals surface area contributed by atoms with Crippen LogP contribution in [0.25, 0.3) is 0 Å². The number of ether oxygens (including phenoxy) is 2. The number of hydrogen-bond acceptors (Lipinski definition) is 5. The summed E-state index contributed by atoms with van der Waals surface area (Å²) in [5.41, 5.74) is 0.458. The molecule has 2 amide bonds. The van der Waals surface area contributed by atoms with Gasteiger partial charge in [-0.2, -0.15) is 5.10 Å². The fourth-order valence-corrected chi connectivity index (χ4v) is 2.22. The molecule has 0 saturated carbocycles. The van der Waals surface area contributed by atoms with Crippen LogP contribution in [0.15, 0.2) is 24.8 Å². The largest absolute Gasteiger partial charge is 0.495 e. The van der Waals surface area contributed by atoms with Crippen molar-refractivity contribution < 1.29 is 14.3 Å². The summed E-state index contributed by atoms with van der Waals surface area (Å²) in [6, 6.07) is 2.66. The van der Waals surface area contributed by atoms with Gasteiger partial charge in [0.1, 0.15) is 24.2 Å². The molecule has 1 heterocycles. The first-order valence-electron chi connectivity index (χ1n) is 6.85. The third-order valence-corrected chi connectivity index (χ3v) is 3.32. The Balaban J connectivity index is 2.01. The number of nitrogens with zero attached hydrogens (tertiary/aromatic N) is 3. The van der Waals surface area contributed by atoms with Crippen LogP contribution in [-0.2, 0) is 6.54 Å². The molecule has 0 spiro atoms. The van der Waals surface area contributed by atoms with E-state index in [0.717, 1.165) is 0 Å². The Labute approximate surface area is 138 Å². The summed E-state index contributed by atoms with van der Waals surface area (Å²) in [6.45, 7) is 2.37. The summed E-state index contributed by atoms with van der Waals surface area (Å²) in [6.07, 6.45) is 3.03. The molecule has 0 saturated heterocycles. The topological polar surface area (TPSA) is 90.3 Å². The van der Waals surface area contributed by atoms with Crippen molar-refractivity contribution in [3.05, 3.63) is 29.8 Å². The fraction of sp³-hybridized carbons (Fsp3) is 0.357. The lowest BCUT2D eigenvalue weighted by atomic mass is 10.2. The second-order valence-electron chi connectivity index (χ2n) is 4.80. The number of benzene rings is 1. The van der Waals surface area contributed by atoms with E-state index >= 15 is 0 Å². The molecule has 2 aromatic rings. The molecule has 0 aliphatic carbocycles. The minimum atomic E-state index is -0.375. The van der Waals surface area contributed by atoms with Gasteiger partial charge in [-0.15, -0.1) is 0 Å². The van der Waals surface area contributed by atoms with Gasteiger partial charge in [-0.3, -0.25) is 4.68 Å². The quantitative estimate of drug-likeness (QED) is 0.841. The Morgan fingerprint density at radius 1 is 1.35 bits per heavy atom. The Morgan fingerprint density at radius 2 is 2.09 bits per heavy atom. The summed E-state index contributed by atoms with van der Waals surface area (Å²) in [4.78, 5) is 16.0. The van der Waals surface area contributed by atoms with Crippen LogP contribution < -0.4 is 20.1 Å². The number of nitrogens with one attached hydrogen (secondary N) is 2. The van der Waals surface area contributed by atoms with Gasteiger partial charge in [-0.25, -0.2) is 9.78 Å². The Bertz CT molecular complexity index is 663. The molecular weight excluding hydrogens is 322 g/mol. The molecule has 1 unspecified atom stereocenters. The highest BCUT2D eigenvalue weighted by atomic mass is 35.5. The van der Waals surface area contributed by atoms with Gasteiger partial charge in [-0.1, -0.05) is 11.6 Å². The average molecular weight is 340 g/mol. The van der Waals surface area contributed by atoms with Crippen molar-refractivity contribution in [3.8, 4) is 11.5 Å². The molecular formula is C14H18ClN5O3. The van der Waals surface area contributed by atoms with Crippen molar-refractivity contribution in [2.24, 2.45) is 0 Å². The molecule has 0 aliphatic rings. The van der Waals surface area contributed by atoms with Gasteiger partial charge in [0, 0.05) is 18.2 Å². The van der Waals surface area contributed by atoms with E-state index in [2.05, 4.69) is 20.7 Å². The smallest absolute Gasteiger partial charge is 0.319 e. The van der Waals surface area contributed by atoms with Crippen molar-refractivity contribution in [3.63, 3.8) is 0 Å². The zero-order valence-electron chi connectivity index (χ0n) is 13.0. The van der Waals surface area contributed by atoms with Gasteiger partial charge in [0.15, 0.2) is 0 Å². The van der Waals surface area contributed by atoms with Crippen LogP contribution in [-0.4, -0.2) is 41.1 Å². The number of carbonyl (C=O) groups excluding carboxylic acids is 1. The zero-order chi connectivity index (χ0) is 16.8. The summed E-state index contributed by atoms with van der Waals surface area (Å²) >= 11 is 6.03. The highest BCUT2D eigenvalue weighted by Crippen LogP contribution is 2.35. The third-order valence-electron chi connectivity index (χ3n) is 3.03. The highest BCUT2D eigenvalue weighted by Gasteiger charge is 2.14. The first-order chi connectivity index (χ1) is 11.0. The van der Waals surface area contributed by atoms with Gasteiger partial charge < -0.3 is 20.1 Å². The van der Waals surface area contributed by atoms with Crippen molar-refractivity contribution in [2.45, 2.75) is 19.5 Å². The molecule has 23 heavy (non-hydrogen) atoms. The molecule has 0 bridgehead atoms. The highest BCUT2D eigenvalue weighted by molar-refractivity contribution is 6.32. The number of anilines is 1. The van der Waals surface area contributed by atoms with Gasteiger partial charge in [0.05, 0.1) is 31.5 Å². The second-order valence-corrected chi connectivity index (χ2v) is 5.21. The normalized spacial score (nSPS) is 11.7. The predicted octanol–water partition coefficient (Wildman–Crippen LogP) is 2.16. The van der Waals surface area contributed by atoms with Crippen LogP contribution in [0.3, 0.4) is 0 Å². The number of halogens is 1. The van der Waals surface area contributed by atoms with Crippen LogP contribution in [0.5, 0.6) is 11.5 Å². The zero-order valence-corrected chi connectivity index (χ0v) is 13.8. The van der Waals surface area contributed by atoms with E-state index in [0.29, 0.717) is 28.8 Å². The maximum Gasteiger partial charge on any atom is 0.319 e. The summed E-state index contributed by atoms with van der Waals surface area (Å²) in [7, 11) is 2.99. The standard InChI is InChI=1S/C14H18ClN5O3/c1-9(6-20-8-16-7-17-20)18-14(21)19-11-5-12(22-2)10(15)4-13(11)23-3/h4-5,7-9H,6H2,1-3H3,(H2,18,19,21). The molecule has 0 radical (unpaired) electrons. The molecule has 1 aromatic heterocycles. The van der Waals surface area contributed by atoms with Crippen LogP contribution in [0.4, 0.5) is 10.5 Å². The molecule has 2 N–H and O–H groups in total. The Kier molecular flexibility index (Phi) is 5.64. The SMILES string of the molecule is COc1cc(NC(=O)NC(C)Cn2cncn2)c(OC)cc1Cl. The van der Waals surface area contributed by atoms with Gasteiger partial charge in [0.25, 0.3) is 0 Å². The van der Waals surface area contributed by atoms with Crippen molar-refractivity contribution in [1.82, 2.24) is 20.1 Å². The molecule has 0 fully saturated rings. The van der Waals surface area contributed by atoms with E-state index in [1.54, 1.807) is 23.1 Å². The molecule has 2 rings (SSSR count). The number of methoxy groups -OCH3 is 2. The van der Waals surface area contributed by atoms with E-state index in [9.17, 15) is 4.79 Å². The molecule has 1 atom stereocenters. The van der Waals surface area contributed by atoms with Crippen LogP contribution >= 0.6 is 11.6 Å². The van der Waals surface area contributed by atoms with E-state index in [1.165, 1.54) is 20.5 Å². The van der Waals surface area contributed by atoms with E-state index in [1.807, 2.05) is 6.92 Å². The number of carbonyl (C=O) groups is 1. The van der Waals surface area contributed by atoms with Crippen molar-refractivity contribution in [2.75, 3.05) is 19.5 Å². The lowest BCUT2D eigenvalue weighted by Crippen LogP contribution is -2.38. The Morgan fingerprint density at radius 3 is 2.70 bits per heavy atom. The summed E-state index contributed by atoms with van der Waals surface area (Å²) < 4.78 is 12.0. The number of urea groups is 1. The van der Waals surface area contributed by atoms with Crippen LogP contribution in [0, 0.1) is 0 Å². The molecule has 1 aromatic carbocycles. The fourth-order valence-electron chi connectivity index (χ4n) is 1.99. The number of rotatable bonds is 6. The van der Waals surface area contributed by atoms with E-state index in [4.69, 9.17) is 21.1 Å². The molecule has 124 valence electrons. The Hall–Kier alpha value is -2.48. The second kappa shape index (κ2) is 7.68. The van der Waals surface area contributed by atoms with Crippen LogP contribution in [0.2, 0.25) is 5.02 Å². The lowest BCUT2D eigenvalue weighted by Gasteiger charge is -2.16. The third kappa shape index (κ3) is 4.49. The first-order valence-corrected chi connectivity index (χ1v) is 7.22. The van der Waals surface area contributed by atoms with Gasteiger partial charge >= 0.3 is 6.03 Å². The molecule has 9 heteroatoms. The molecule has 8 nitrogen and oxygen atoms in total. The average Bonchev–Trinajstić information content (AvgIpc) is 3.01. The summed E-state index contributed by atoms with van der Waals surface area (Å²) in [5.74, 6) is 0.883. The summed E-state index contributed by atoms with van der Waals surface area (Å²) in [5, 5.41) is 9.90. The lowest BCUT2D eigenvalue weighted by molar-refractivity contribution is 0.247. The maximum absolute atomic E-state index is 12.1. The van der Waals surface area contributed by atoms with Crippen LogP contribution in [0.1, 0.15) is 6.92 Å². The first kappa shape index (κ1) is 16.9. The number of amides is 2. The van der Waals surface area contributed by atoms with Crippen molar-refractivity contribution >= 4 is 23.3 Å². The monoisotopic (exact) mass is 339 g/mol. The minimum Gasteiger partial charge on any atom is -0.495 e. The minimum absolute atomic E-state index is 0.142. The van der Waals surface area contributed by atoms with E-state index in [-0.39, 0.29) is 12.1 Å².